The number of benzene rings is 3. The summed E-state index contributed by atoms with van der Waals surface area (Å²) in [5, 5.41) is 0. The van der Waals surface area contributed by atoms with E-state index in [1.807, 2.05) is 16.7 Å². The smallest absolute Gasteiger partial charge is 0.279 e. The average Bonchev–Trinajstić information content (AvgIpc) is 3.19. The number of rotatable bonds is 8. The third-order valence-electron chi connectivity index (χ3n) is 5.18. The lowest BCUT2D eigenvalue weighted by Crippen LogP contribution is -2.16. The van der Waals surface area contributed by atoms with Gasteiger partial charge in [0.05, 0.1) is 29.3 Å². The van der Waals surface area contributed by atoms with Crippen molar-refractivity contribution in [1.82, 2.24) is 4.57 Å². The molecule has 4 aromatic rings. The number of carbonyl (C=O) groups excluding carboxylic acids is 1. The number of thiazole rings is 1. The van der Waals surface area contributed by atoms with Crippen LogP contribution in [0, 0.1) is 5.82 Å². The average molecular weight is 528 g/mol. The lowest BCUT2D eigenvalue weighted by Gasteiger charge is -2.09. The van der Waals surface area contributed by atoms with Gasteiger partial charge < -0.3 is 14.0 Å². The summed E-state index contributed by atoms with van der Waals surface area (Å²) >= 11 is 1.30. The van der Waals surface area contributed by atoms with Gasteiger partial charge in [0.25, 0.3) is 15.9 Å². The molecule has 36 heavy (non-hydrogen) atoms. The van der Waals surface area contributed by atoms with Crippen LogP contribution in [0.1, 0.15) is 10.4 Å². The van der Waals surface area contributed by atoms with Crippen LogP contribution < -0.4 is 19.0 Å². The largest absolute Gasteiger partial charge is 0.493 e. The van der Waals surface area contributed by atoms with Gasteiger partial charge in [-0.05, 0) is 42.5 Å². The van der Waals surface area contributed by atoms with Gasteiger partial charge in [-0.15, -0.1) is 6.58 Å². The fourth-order valence-electron chi connectivity index (χ4n) is 3.48. The number of methoxy groups -OCH3 is 2. The van der Waals surface area contributed by atoms with E-state index in [0.717, 1.165) is 34.5 Å². The van der Waals surface area contributed by atoms with Crippen molar-refractivity contribution in [1.29, 1.82) is 0 Å². The molecule has 0 aliphatic carbocycles. The first kappa shape index (κ1) is 25.1. The topological polar surface area (TPSA) is 99.0 Å². The lowest BCUT2D eigenvalue weighted by molar-refractivity contribution is 0.0998. The number of sulfonamides is 1. The van der Waals surface area contributed by atoms with E-state index in [2.05, 4.69) is 16.3 Å². The Morgan fingerprint density at radius 2 is 1.81 bits per heavy atom. The highest BCUT2D eigenvalue weighted by Crippen LogP contribution is 2.33. The summed E-state index contributed by atoms with van der Waals surface area (Å²) in [5.41, 5.74) is 1.15. The number of carbonyl (C=O) groups is 1. The number of hydrogen-bond donors (Lipinski definition) is 1. The molecule has 0 fully saturated rings. The van der Waals surface area contributed by atoms with Crippen molar-refractivity contribution in [2.75, 3.05) is 18.9 Å². The van der Waals surface area contributed by atoms with Crippen molar-refractivity contribution >= 4 is 43.2 Å². The van der Waals surface area contributed by atoms with Crippen LogP contribution in [0.25, 0.3) is 10.2 Å². The van der Waals surface area contributed by atoms with Crippen LogP contribution >= 0.6 is 11.3 Å². The summed E-state index contributed by atoms with van der Waals surface area (Å²) in [6.07, 6.45) is 1.69. The summed E-state index contributed by atoms with van der Waals surface area (Å²) in [6, 6.07) is 14.0. The van der Waals surface area contributed by atoms with Gasteiger partial charge in [0.2, 0.25) is 0 Å². The van der Waals surface area contributed by atoms with Crippen LogP contribution in [-0.4, -0.2) is 33.1 Å². The van der Waals surface area contributed by atoms with Crippen molar-refractivity contribution < 1.29 is 27.1 Å². The number of amides is 1. The maximum atomic E-state index is 13.2. The highest BCUT2D eigenvalue weighted by molar-refractivity contribution is 7.92. The molecule has 0 saturated heterocycles. The number of hydrogen-bond acceptors (Lipinski definition) is 6. The summed E-state index contributed by atoms with van der Waals surface area (Å²) in [6.45, 7) is 4.19. The molecule has 11 heteroatoms. The molecule has 0 atom stereocenters. The van der Waals surface area contributed by atoms with Crippen molar-refractivity contribution in [2.24, 2.45) is 4.99 Å². The zero-order valence-corrected chi connectivity index (χ0v) is 21.0. The normalized spacial score (nSPS) is 11.9. The second kappa shape index (κ2) is 10.3. The lowest BCUT2D eigenvalue weighted by atomic mass is 10.2. The van der Waals surface area contributed by atoms with E-state index in [0.29, 0.717) is 22.8 Å². The van der Waals surface area contributed by atoms with Crippen molar-refractivity contribution in [3.05, 3.63) is 89.5 Å². The molecule has 0 saturated carbocycles. The number of anilines is 1. The Morgan fingerprint density at radius 1 is 1.11 bits per heavy atom. The molecule has 1 N–H and O–H groups in total. The van der Waals surface area contributed by atoms with Gasteiger partial charge in [-0.3, -0.25) is 9.52 Å². The second-order valence-electron chi connectivity index (χ2n) is 7.52. The van der Waals surface area contributed by atoms with E-state index < -0.39 is 21.7 Å². The highest BCUT2D eigenvalue weighted by atomic mass is 32.2. The predicted molar refractivity (Wildman–Crippen MR) is 137 cm³/mol. The molecule has 8 nitrogen and oxygen atoms in total. The van der Waals surface area contributed by atoms with E-state index >= 15 is 0 Å². The SMILES string of the molecule is C=CCn1c(=NC(=O)c2cccc(NS(=O)(=O)c3ccc(F)cc3)c2)sc2cc(OC)c(OC)cc21. The molecule has 4 rings (SSSR count). The monoisotopic (exact) mass is 527 g/mol. The van der Waals surface area contributed by atoms with Crippen molar-refractivity contribution in [2.45, 2.75) is 11.4 Å². The summed E-state index contributed by atoms with van der Waals surface area (Å²) in [7, 11) is -0.887. The number of aromatic nitrogens is 1. The maximum absolute atomic E-state index is 13.2. The molecule has 0 aliphatic heterocycles. The van der Waals surface area contributed by atoms with Crippen LogP contribution in [0.3, 0.4) is 0 Å². The minimum absolute atomic E-state index is 0.105. The quantitative estimate of drug-likeness (QED) is 0.338. The molecule has 1 heterocycles. The highest BCUT2D eigenvalue weighted by Gasteiger charge is 2.16. The number of ether oxygens (including phenoxy) is 2. The van der Waals surface area contributed by atoms with Gasteiger partial charge in [-0.2, -0.15) is 4.99 Å². The van der Waals surface area contributed by atoms with E-state index in [9.17, 15) is 17.6 Å². The first-order chi connectivity index (χ1) is 17.2. The van der Waals surface area contributed by atoms with Crippen LogP contribution in [-0.2, 0) is 16.6 Å². The molecule has 186 valence electrons. The Labute approximate surface area is 211 Å². The van der Waals surface area contributed by atoms with E-state index in [1.165, 1.54) is 23.5 Å². The minimum atomic E-state index is -3.97. The Kier molecular flexibility index (Phi) is 7.22. The van der Waals surface area contributed by atoms with Crippen LogP contribution in [0.4, 0.5) is 10.1 Å². The zero-order valence-electron chi connectivity index (χ0n) is 19.4. The Balaban J connectivity index is 1.70. The molecule has 0 aliphatic rings. The molecule has 0 unspecified atom stereocenters. The minimum Gasteiger partial charge on any atom is -0.493 e. The molecule has 1 aromatic heterocycles. The van der Waals surface area contributed by atoms with E-state index in [4.69, 9.17) is 9.47 Å². The summed E-state index contributed by atoms with van der Waals surface area (Å²) in [5.74, 6) is -0.00764. The molecule has 3 aromatic carbocycles. The molecule has 0 bridgehead atoms. The second-order valence-corrected chi connectivity index (χ2v) is 10.2. The van der Waals surface area contributed by atoms with Gasteiger partial charge >= 0.3 is 0 Å². The number of nitrogens with zero attached hydrogens (tertiary/aromatic N) is 2. The number of halogens is 1. The molecule has 1 amide bonds. The van der Waals surface area contributed by atoms with Crippen molar-refractivity contribution in [3.8, 4) is 11.5 Å². The first-order valence-corrected chi connectivity index (χ1v) is 12.9. The summed E-state index contributed by atoms with van der Waals surface area (Å²) < 4.78 is 54.3. The summed E-state index contributed by atoms with van der Waals surface area (Å²) in [4.78, 5) is 17.7. The third kappa shape index (κ3) is 5.16. The van der Waals surface area contributed by atoms with Gasteiger partial charge in [0, 0.05) is 29.9 Å². The number of nitrogens with one attached hydrogen (secondary N) is 1. The Bertz CT molecular complexity index is 1620. The van der Waals surface area contributed by atoms with Gasteiger partial charge in [-0.1, -0.05) is 23.5 Å². The molecular weight excluding hydrogens is 505 g/mol. The first-order valence-electron chi connectivity index (χ1n) is 10.6. The van der Waals surface area contributed by atoms with E-state index in [1.54, 1.807) is 32.4 Å². The van der Waals surface area contributed by atoms with Crippen LogP contribution in [0.15, 0.2) is 83.2 Å². The fourth-order valence-corrected chi connectivity index (χ4v) is 5.58. The molecule has 0 radical (unpaired) electrons. The van der Waals surface area contributed by atoms with E-state index in [-0.39, 0.29) is 16.1 Å². The number of fused-ring (bicyclic) bond motifs is 1. The molecular formula is C25H22FN3O5S2. The Morgan fingerprint density at radius 3 is 2.47 bits per heavy atom. The third-order valence-corrected chi connectivity index (χ3v) is 7.62. The Hall–Kier alpha value is -3.96. The van der Waals surface area contributed by atoms with Crippen LogP contribution in [0.5, 0.6) is 11.5 Å². The van der Waals surface area contributed by atoms with Crippen molar-refractivity contribution in [3.63, 3.8) is 0 Å². The van der Waals surface area contributed by atoms with Gasteiger partial charge in [-0.25, -0.2) is 12.8 Å². The predicted octanol–water partition coefficient (Wildman–Crippen LogP) is 4.59. The number of allylic oxidation sites excluding steroid dienone is 1. The fraction of sp³-hybridized carbons (Fsp3) is 0.120. The standard InChI is InChI=1S/C25H22FN3O5S2/c1-4-12-29-20-14-21(33-2)22(34-3)15-23(20)35-25(29)27-24(30)16-6-5-7-18(13-16)28-36(31,32)19-10-8-17(26)9-11-19/h4-11,13-15,28H,1,12H2,2-3H3. The zero-order chi connectivity index (χ0) is 25.9. The maximum Gasteiger partial charge on any atom is 0.279 e. The van der Waals surface area contributed by atoms with Gasteiger partial charge in [0.15, 0.2) is 16.3 Å². The van der Waals surface area contributed by atoms with Crippen LogP contribution in [0.2, 0.25) is 0 Å². The molecule has 0 spiro atoms. The van der Waals surface area contributed by atoms with Gasteiger partial charge in [0.1, 0.15) is 5.82 Å².